The lowest BCUT2D eigenvalue weighted by Gasteiger charge is -2.27. The van der Waals surface area contributed by atoms with Crippen LogP contribution in [-0.2, 0) is 0 Å². The monoisotopic (exact) mass is 479 g/mol. The summed E-state index contributed by atoms with van der Waals surface area (Å²) in [6.45, 7) is 0.138. The van der Waals surface area contributed by atoms with Crippen LogP contribution < -0.4 is 31.1 Å². The highest BCUT2D eigenvalue weighted by molar-refractivity contribution is 6.98. The molecule has 1 heterocycles. The van der Waals surface area contributed by atoms with Gasteiger partial charge in [0.1, 0.15) is 0 Å². The van der Waals surface area contributed by atoms with Gasteiger partial charge in [-0.15, -0.1) is 0 Å². The van der Waals surface area contributed by atoms with Crippen molar-refractivity contribution < 1.29 is 0 Å². The molecule has 0 N–H and O–H groups in total. The summed E-state index contributed by atoms with van der Waals surface area (Å²) in [5.41, 5.74) is 9.09. The quantitative estimate of drug-likeness (QED) is 0.252. The van der Waals surface area contributed by atoms with Crippen LogP contribution in [0, 0.1) is 0 Å². The van der Waals surface area contributed by atoms with E-state index in [9.17, 15) is 0 Å². The maximum Gasteiger partial charge on any atom is 0.244 e. The molecule has 37 heavy (non-hydrogen) atoms. The van der Waals surface area contributed by atoms with Crippen LogP contribution >= 0.6 is 0 Å². The number of fused-ring (bicyclic) bond motifs is 1. The van der Waals surface area contributed by atoms with Gasteiger partial charge in [-0.05, 0) is 34.4 Å². The zero-order valence-corrected chi connectivity index (χ0v) is 22.1. The van der Waals surface area contributed by atoms with Crippen LogP contribution in [0.25, 0.3) is 32.3 Å². The van der Waals surface area contributed by atoms with Crippen molar-refractivity contribution in [2.75, 3.05) is 49.9 Å². The lowest BCUT2D eigenvalue weighted by molar-refractivity contribution is 1.12. The molecule has 3 nitrogen and oxygen atoms in total. The fraction of sp³-hybridized carbons (Fsp3) is 0.152. The number of benzene rings is 6. The third-order valence-electron chi connectivity index (χ3n) is 8.23. The van der Waals surface area contributed by atoms with Crippen molar-refractivity contribution in [3.8, 4) is 0 Å². The van der Waals surface area contributed by atoms with Gasteiger partial charge < -0.3 is 14.7 Å². The maximum atomic E-state index is 2.50. The van der Waals surface area contributed by atoms with Crippen LogP contribution in [0.1, 0.15) is 0 Å². The van der Waals surface area contributed by atoms with Crippen molar-refractivity contribution in [2.24, 2.45) is 0 Å². The molecule has 6 aromatic carbocycles. The molecular weight excluding hydrogens is 449 g/mol. The van der Waals surface area contributed by atoms with E-state index in [2.05, 4.69) is 141 Å². The molecule has 0 saturated carbocycles. The molecule has 0 aromatic heterocycles. The highest BCUT2D eigenvalue weighted by Crippen LogP contribution is 2.45. The first kappa shape index (κ1) is 22.1. The van der Waals surface area contributed by atoms with Gasteiger partial charge in [-0.3, -0.25) is 0 Å². The lowest BCUT2D eigenvalue weighted by atomic mass is 9.36. The van der Waals surface area contributed by atoms with Crippen LogP contribution in [-0.4, -0.2) is 42.0 Å². The predicted molar refractivity (Wildman–Crippen MR) is 164 cm³/mol. The van der Waals surface area contributed by atoms with Gasteiger partial charge >= 0.3 is 0 Å². The first-order valence-corrected chi connectivity index (χ1v) is 13.0. The van der Waals surface area contributed by atoms with Crippen molar-refractivity contribution in [3.63, 3.8) is 0 Å². The minimum Gasteiger partial charge on any atom is -0.377 e. The van der Waals surface area contributed by atoms with E-state index in [4.69, 9.17) is 0 Å². The fourth-order valence-electron chi connectivity index (χ4n) is 6.57. The van der Waals surface area contributed by atoms with E-state index in [1.165, 1.54) is 71.5 Å². The highest BCUT2D eigenvalue weighted by Gasteiger charge is 2.33. The van der Waals surface area contributed by atoms with Crippen LogP contribution in [0.15, 0.2) is 91.0 Å². The molecule has 1 aliphatic heterocycles. The van der Waals surface area contributed by atoms with Gasteiger partial charge in [0.15, 0.2) is 0 Å². The maximum absolute atomic E-state index is 2.50. The molecule has 0 amide bonds. The Morgan fingerprint density at radius 1 is 0.568 bits per heavy atom. The standard InChI is InChI=1S/C33H30BN3/c1-35(2)29-20-30(36(3)4)24-19-26-33-28(18-16-21-15-17-23(29)32(24)31(21)33)37(5)27-14-10-9-13-25(27)34(26)22-11-7-6-8-12-22/h6-20H,1-5H3. The molecule has 0 spiro atoms. The van der Waals surface area contributed by atoms with Gasteiger partial charge in [0.2, 0.25) is 6.71 Å². The number of anilines is 4. The molecule has 0 radical (unpaired) electrons. The second kappa shape index (κ2) is 7.91. The van der Waals surface area contributed by atoms with Crippen molar-refractivity contribution in [1.82, 2.24) is 0 Å². The van der Waals surface area contributed by atoms with E-state index in [-0.39, 0.29) is 6.71 Å². The Kier molecular flexibility index (Phi) is 4.72. The molecule has 0 saturated heterocycles. The van der Waals surface area contributed by atoms with Crippen molar-refractivity contribution in [1.29, 1.82) is 0 Å². The fourth-order valence-corrected chi connectivity index (χ4v) is 6.57. The zero-order chi connectivity index (χ0) is 25.4. The average Bonchev–Trinajstić information content (AvgIpc) is 3.01. The third-order valence-corrected chi connectivity index (χ3v) is 8.23. The van der Waals surface area contributed by atoms with Crippen molar-refractivity contribution in [2.45, 2.75) is 0 Å². The molecule has 180 valence electrons. The first-order chi connectivity index (χ1) is 18.0. The Morgan fingerprint density at radius 3 is 2.00 bits per heavy atom. The number of rotatable bonds is 3. The number of nitrogens with zero attached hydrogens (tertiary/aromatic N) is 3. The Morgan fingerprint density at radius 2 is 1.24 bits per heavy atom. The van der Waals surface area contributed by atoms with E-state index in [1.54, 1.807) is 0 Å². The second-order valence-electron chi connectivity index (χ2n) is 10.7. The molecule has 0 fully saturated rings. The largest absolute Gasteiger partial charge is 0.377 e. The van der Waals surface area contributed by atoms with E-state index < -0.39 is 0 Å². The lowest BCUT2D eigenvalue weighted by Crippen LogP contribution is -2.52. The molecule has 0 bridgehead atoms. The molecule has 0 atom stereocenters. The summed E-state index contributed by atoms with van der Waals surface area (Å²) < 4.78 is 0. The minimum atomic E-state index is 0.138. The van der Waals surface area contributed by atoms with E-state index in [0.717, 1.165) is 0 Å². The zero-order valence-electron chi connectivity index (χ0n) is 22.1. The summed E-state index contributed by atoms with van der Waals surface area (Å²) in [6.07, 6.45) is 0. The van der Waals surface area contributed by atoms with Crippen molar-refractivity contribution in [3.05, 3.63) is 91.0 Å². The normalized spacial score (nSPS) is 12.9. The molecule has 7 rings (SSSR count). The molecular formula is C33H30BN3. The van der Waals surface area contributed by atoms with E-state index >= 15 is 0 Å². The van der Waals surface area contributed by atoms with Gasteiger partial charge in [0, 0.05) is 79.5 Å². The summed E-state index contributed by atoms with van der Waals surface area (Å²) in [5, 5.41) is 8.02. The van der Waals surface area contributed by atoms with Gasteiger partial charge in [-0.25, -0.2) is 0 Å². The summed E-state index contributed by atoms with van der Waals surface area (Å²) in [5.74, 6) is 0. The third kappa shape index (κ3) is 3.02. The SMILES string of the molecule is CN(C)c1cc(N(C)C)c2cc3c4c(ccc5ccc1c2c54)N(C)c1ccccc1B3c1ccccc1. The highest BCUT2D eigenvalue weighted by atomic mass is 15.1. The van der Waals surface area contributed by atoms with Gasteiger partial charge in [0.05, 0.1) is 0 Å². The van der Waals surface area contributed by atoms with Gasteiger partial charge in [-0.2, -0.15) is 0 Å². The van der Waals surface area contributed by atoms with Crippen LogP contribution in [0.2, 0.25) is 0 Å². The summed E-state index contributed by atoms with van der Waals surface area (Å²) in [7, 11) is 10.8. The first-order valence-electron chi connectivity index (χ1n) is 13.0. The predicted octanol–water partition coefficient (Wildman–Crippen LogP) is 5.31. The van der Waals surface area contributed by atoms with Crippen LogP contribution in [0.4, 0.5) is 22.7 Å². The molecule has 6 aromatic rings. The number of hydrogen-bond acceptors (Lipinski definition) is 3. The van der Waals surface area contributed by atoms with E-state index in [0.29, 0.717) is 0 Å². The van der Waals surface area contributed by atoms with Gasteiger partial charge in [0.25, 0.3) is 0 Å². The summed E-state index contributed by atoms with van der Waals surface area (Å²) >= 11 is 0. The van der Waals surface area contributed by atoms with E-state index in [1.807, 2.05) is 0 Å². The van der Waals surface area contributed by atoms with Crippen LogP contribution in [0.3, 0.4) is 0 Å². The minimum absolute atomic E-state index is 0.138. The molecule has 4 heteroatoms. The van der Waals surface area contributed by atoms with Crippen molar-refractivity contribution >= 4 is 78.2 Å². The summed E-state index contributed by atoms with van der Waals surface area (Å²) in [6, 6.07) is 34.0. The second-order valence-corrected chi connectivity index (χ2v) is 10.7. The Labute approximate surface area is 218 Å². The number of hydrogen-bond donors (Lipinski definition) is 0. The molecule has 1 aliphatic rings. The topological polar surface area (TPSA) is 9.72 Å². The molecule has 0 unspecified atom stereocenters. The van der Waals surface area contributed by atoms with Crippen LogP contribution in [0.5, 0.6) is 0 Å². The van der Waals surface area contributed by atoms with Gasteiger partial charge in [-0.1, -0.05) is 83.7 Å². The Balaban J connectivity index is 1.75. The molecule has 0 aliphatic carbocycles. The average molecular weight is 479 g/mol. The number of para-hydroxylation sites is 1. The summed E-state index contributed by atoms with van der Waals surface area (Å²) in [4.78, 5) is 6.90. The Hall–Kier alpha value is -4.18. The smallest absolute Gasteiger partial charge is 0.244 e. The Bertz CT molecular complexity index is 1810.